The van der Waals surface area contributed by atoms with E-state index < -0.39 is 0 Å². The zero-order valence-corrected chi connectivity index (χ0v) is 16.4. The van der Waals surface area contributed by atoms with Crippen molar-refractivity contribution in [3.63, 3.8) is 0 Å². The molecule has 0 aliphatic heterocycles. The van der Waals surface area contributed by atoms with E-state index in [0.29, 0.717) is 6.42 Å². The van der Waals surface area contributed by atoms with Gasteiger partial charge in [-0.1, -0.05) is 46.5 Å². The minimum absolute atomic E-state index is 0.0575. The van der Waals surface area contributed by atoms with E-state index in [-0.39, 0.29) is 12.1 Å². The Morgan fingerprint density at radius 3 is 2.08 bits per heavy atom. The first kappa shape index (κ1) is 19.8. The molecule has 0 aromatic heterocycles. The maximum absolute atomic E-state index is 12.1. The molecule has 0 spiro atoms. The molecular weight excluding hydrogens is 296 g/mol. The molecular formula is C22H40O2. The topological polar surface area (TPSA) is 26.3 Å². The third-order valence-electron chi connectivity index (χ3n) is 6.60. The number of esters is 1. The summed E-state index contributed by atoms with van der Waals surface area (Å²) >= 11 is 0. The zero-order chi connectivity index (χ0) is 17.4. The summed E-state index contributed by atoms with van der Waals surface area (Å²) in [6.07, 6.45) is 15.9. The average Bonchev–Trinajstić information content (AvgIpc) is 2.57. The summed E-state index contributed by atoms with van der Waals surface area (Å²) in [5, 5.41) is 0. The lowest BCUT2D eigenvalue weighted by atomic mass is 9.73. The normalized spacial score (nSPS) is 32.3. The van der Waals surface area contributed by atoms with Gasteiger partial charge in [-0.3, -0.25) is 4.79 Å². The Labute approximate surface area is 150 Å². The van der Waals surface area contributed by atoms with Gasteiger partial charge in [-0.25, -0.2) is 0 Å². The minimum Gasteiger partial charge on any atom is -0.462 e. The summed E-state index contributed by atoms with van der Waals surface area (Å²) in [5.74, 6) is 3.55. The first-order valence-electron chi connectivity index (χ1n) is 10.8. The van der Waals surface area contributed by atoms with Gasteiger partial charge in [0.25, 0.3) is 0 Å². The van der Waals surface area contributed by atoms with Crippen LogP contribution in [-0.2, 0) is 9.53 Å². The molecule has 0 aromatic carbocycles. The summed E-state index contributed by atoms with van der Waals surface area (Å²) in [4.78, 5) is 12.1. The second kappa shape index (κ2) is 10.5. The summed E-state index contributed by atoms with van der Waals surface area (Å²) in [5.41, 5.74) is 0. The molecule has 2 rings (SSSR count). The summed E-state index contributed by atoms with van der Waals surface area (Å²) in [7, 11) is 0. The number of carbonyl (C=O) groups is 1. The standard InChI is InChI=1S/C22H40O2/c1-4-6-19(20-13-9-17(2)10-14-20)7-5-8-22(23)24-21-15-11-18(3)12-16-21/h17-21H,4-16H2,1-3H3. The number of rotatable bonds is 8. The number of ether oxygens (including phenoxy) is 1. The molecule has 24 heavy (non-hydrogen) atoms. The highest BCUT2D eigenvalue weighted by Gasteiger charge is 2.26. The lowest BCUT2D eigenvalue weighted by molar-refractivity contribution is -0.151. The van der Waals surface area contributed by atoms with Crippen LogP contribution >= 0.6 is 0 Å². The van der Waals surface area contributed by atoms with Crippen LogP contribution in [0.2, 0.25) is 0 Å². The van der Waals surface area contributed by atoms with Crippen LogP contribution in [0.5, 0.6) is 0 Å². The van der Waals surface area contributed by atoms with Gasteiger partial charge in [0, 0.05) is 6.42 Å². The monoisotopic (exact) mass is 336 g/mol. The Balaban J connectivity index is 1.65. The Morgan fingerprint density at radius 1 is 0.917 bits per heavy atom. The van der Waals surface area contributed by atoms with Crippen molar-refractivity contribution < 1.29 is 9.53 Å². The van der Waals surface area contributed by atoms with Gasteiger partial charge >= 0.3 is 5.97 Å². The first-order valence-corrected chi connectivity index (χ1v) is 10.8. The molecule has 0 radical (unpaired) electrons. The largest absolute Gasteiger partial charge is 0.462 e. The van der Waals surface area contributed by atoms with Gasteiger partial charge in [0.2, 0.25) is 0 Å². The van der Waals surface area contributed by atoms with Crippen molar-refractivity contribution in [3.8, 4) is 0 Å². The van der Waals surface area contributed by atoms with Crippen molar-refractivity contribution in [1.29, 1.82) is 0 Å². The van der Waals surface area contributed by atoms with E-state index in [2.05, 4.69) is 20.8 Å². The molecule has 0 heterocycles. The minimum atomic E-state index is 0.0575. The second-order valence-corrected chi connectivity index (χ2v) is 8.83. The number of hydrogen-bond donors (Lipinski definition) is 0. The van der Waals surface area contributed by atoms with Crippen LogP contribution in [0.4, 0.5) is 0 Å². The molecule has 0 N–H and O–H groups in total. The Hall–Kier alpha value is -0.530. The van der Waals surface area contributed by atoms with Gasteiger partial charge < -0.3 is 4.74 Å². The first-order chi connectivity index (χ1) is 11.6. The van der Waals surface area contributed by atoms with Crippen LogP contribution in [0.15, 0.2) is 0 Å². The smallest absolute Gasteiger partial charge is 0.306 e. The summed E-state index contributed by atoms with van der Waals surface area (Å²) < 4.78 is 5.70. The third-order valence-corrected chi connectivity index (χ3v) is 6.60. The lowest BCUT2D eigenvalue weighted by Gasteiger charge is -2.33. The van der Waals surface area contributed by atoms with Crippen LogP contribution in [0.1, 0.15) is 104 Å². The highest BCUT2D eigenvalue weighted by atomic mass is 16.5. The predicted molar refractivity (Wildman–Crippen MR) is 101 cm³/mol. The molecule has 2 saturated carbocycles. The lowest BCUT2D eigenvalue weighted by Crippen LogP contribution is -2.24. The Bertz CT molecular complexity index is 349. The second-order valence-electron chi connectivity index (χ2n) is 8.83. The maximum atomic E-state index is 12.1. The van der Waals surface area contributed by atoms with E-state index in [1.807, 2.05) is 0 Å². The van der Waals surface area contributed by atoms with Crippen LogP contribution in [0.3, 0.4) is 0 Å². The third kappa shape index (κ3) is 6.76. The highest BCUT2D eigenvalue weighted by Crippen LogP contribution is 2.37. The zero-order valence-electron chi connectivity index (χ0n) is 16.4. The fraction of sp³-hybridized carbons (Fsp3) is 0.955. The van der Waals surface area contributed by atoms with E-state index in [9.17, 15) is 4.79 Å². The van der Waals surface area contributed by atoms with E-state index >= 15 is 0 Å². The predicted octanol–water partition coefficient (Wildman–Crippen LogP) is 6.52. The van der Waals surface area contributed by atoms with Crippen molar-refractivity contribution in [2.75, 3.05) is 0 Å². The van der Waals surface area contributed by atoms with Crippen molar-refractivity contribution >= 4 is 5.97 Å². The van der Waals surface area contributed by atoms with Crippen LogP contribution < -0.4 is 0 Å². The van der Waals surface area contributed by atoms with Crippen molar-refractivity contribution in [2.45, 2.75) is 110 Å². The molecule has 2 fully saturated rings. The van der Waals surface area contributed by atoms with Gasteiger partial charge in [-0.05, 0) is 75.0 Å². The van der Waals surface area contributed by atoms with Gasteiger partial charge in [0.1, 0.15) is 6.10 Å². The highest BCUT2D eigenvalue weighted by molar-refractivity contribution is 5.69. The molecule has 0 amide bonds. The summed E-state index contributed by atoms with van der Waals surface area (Å²) in [6, 6.07) is 0. The molecule has 2 aliphatic rings. The van der Waals surface area contributed by atoms with Gasteiger partial charge in [-0.15, -0.1) is 0 Å². The van der Waals surface area contributed by atoms with Crippen LogP contribution in [0, 0.1) is 23.7 Å². The molecule has 2 heteroatoms. The molecule has 1 atom stereocenters. The van der Waals surface area contributed by atoms with Crippen molar-refractivity contribution in [3.05, 3.63) is 0 Å². The van der Waals surface area contributed by atoms with E-state index in [1.54, 1.807) is 0 Å². The number of hydrogen-bond acceptors (Lipinski definition) is 2. The fourth-order valence-corrected chi connectivity index (χ4v) is 4.84. The van der Waals surface area contributed by atoms with Crippen LogP contribution in [0.25, 0.3) is 0 Å². The molecule has 0 aromatic rings. The molecule has 2 aliphatic carbocycles. The Morgan fingerprint density at radius 2 is 1.50 bits per heavy atom. The van der Waals surface area contributed by atoms with Gasteiger partial charge in [0.05, 0.1) is 0 Å². The molecule has 2 nitrogen and oxygen atoms in total. The summed E-state index contributed by atoms with van der Waals surface area (Å²) in [6.45, 7) is 7.00. The SMILES string of the molecule is CCCC(CCCC(=O)OC1CCC(C)CC1)C1CCC(C)CC1. The molecule has 1 unspecified atom stereocenters. The van der Waals surface area contributed by atoms with Crippen LogP contribution in [-0.4, -0.2) is 12.1 Å². The molecule has 0 bridgehead atoms. The van der Waals surface area contributed by atoms with E-state index in [4.69, 9.17) is 4.74 Å². The molecule has 0 saturated heterocycles. The van der Waals surface area contributed by atoms with Gasteiger partial charge in [-0.2, -0.15) is 0 Å². The van der Waals surface area contributed by atoms with Crippen molar-refractivity contribution in [1.82, 2.24) is 0 Å². The van der Waals surface area contributed by atoms with Gasteiger partial charge in [0.15, 0.2) is 0 Å². The van der Waals surface area contributed by atoms with E-state index in [1.165, 1.54) is 57.8 Å². The quantitative estimate of drug-likeness (QED) is 0.471. The molecule has 140 valence electrons. The fourth-order valence-electron chi connectivity index (χ4n) is 4.84. The number of carbonyl (C=O) groups excluding carboxylic acids is 1. The average molecular weight is 337 g/mol. The van der Waals surface area contributed by atoms with E-state index in [0.717, 1.165) is 42.9 Å². The maximum Gasteiger partial charge on any atom is 0.306 e. The Kier molecular flexibility index (Phi) is 8.62. The van der Waals surface area contributed by atoms with Crippen molar-refractivity contribution in [2.24, 2.45) is 23.7 Å².